The monoisotopic (exact) mass is 257 g/mol. The molecule has 5 heteroatoms. The van der Waals surface area contributed by atoms with Crippen molar-refractivity contribution < 1.29 is 4.79 Å². The van der Waals surface area contributed by atoms with E-state index in [-0.39, 0.29) is 17.5 Å². The summed E-state index contributed by atoms with van der Waals surface area (Å²) in [6.07, 6.45) is 2.85. The van der Waals surface area contributed by atoms with Crippen LogP contribution in [0.3, 0.4) is 0 Å². The second kappa shape index (κ2) is 5.48. The first-order valence-corrected chi connectivity index (χ1v) is 5.99. The van der Waals surface area contributed by atoms with Gasteiger partial charge in [-0.3, -0.25) is 9.59 Å². The van der Waals surface area contributed by atoms with Crippen LogP contribution < -0.4 is 10.9 Å². The van der Waals surface area contributed by atoms with Crippen LogP contribution in [0.1, 0.15) is 6.92 Å². The van der Waals surface area contributed by atoms with Crippen LogP contribution in [-0.4, -0.2) is 21.7 Å². The standard InChI is InChI=1S/C14H15N3O2/c1-3-13(18)16-10(2)9-17-14(19)12-7-5-4-6-11(12)8-15-17/h3-8,10H,1,9H2,2H3,(H,16,18). The molecule has 98 valence electrons. The quantitative estimate of drug-likeness (QED) is 0.834. The second-order valence-corrected chi connectivity index (χ2v) is 4.33. The molecular formula is C14H15N3O2. The lowest BCUT2D eigenvalue weighted by atomic mass is 10.2. The van der Waals surface area contributed by atoms with Gasteiger partial charge in [-0.25, -0.2) is 4.68 Å². The Morgan fingerprint density at radius 2 is 2.26 bits per heavy atom. The molecule has 5 nitrogen and oxygen atoms in total. The summed E-state index contributed by atoms with van der Waals surface area (Å²) in [5, 5.41) is 8.24. The van der Waals surface area contributed by atoms with Crippen molar-refractivity contribution in [3.8, 4) is 0 Å². The third-order valence-corrected chi connectivity index (χ3v) is 2.78. The molecule has 1 aromatic carbocycles. The van der Waals surface area contributed by atoms with E-state index in [0.717, 1.165) is 5.39 Å². The number of benzene rings is 1. The number of amides is 1. The summed E-state index contributed by atoms with van der Waals surface area (Å²) < 4.78 is 1.36. The lowest BCUT2D eigenvalue weighted by Crippen LogP contribution is -2.38. The van der Waals surface area contributed by atoms with E-state index in [1.165, 1.54) is 10.8 Å². The third kappa shape index (κ3) is 2.88. The summed E-state index contributed by atoms with van der Waals surface area (Å²) in [5.74, 6) is -0.263. The minimum Gasteiger partial charge on any atom is -0.348 e. The summed E-state index contributed by atoms with van der Waals surface area (Å²) >= 11 is 0. The van der Waals surface area contributed by atoms with E-state index in [0.29, 0.717) is 11.9 Å². The molecule has 1 amide bonds. The van der Waals surface area contributed by atoms with Gasteiger partial charge in [0.25, 0.3) is 5.56 Å². The van der Waals surface area contributed by atoms with Crippen molar-refractivity contribution >= 4 is 16.7 Å². The summed E-state index contributed by atoms with van der Waals surface area (Å²) in [6, 6.07) is 7.09. The second-order valence-electron chi connectivity index (χ2n) is 4.33. The fraction of sp³-hybridized carbons (Fsp3) is 0.214. The predicted octanol–water partition coefficient (Wildman–Crippen LogP) is 1.09. The highest BCUT2D eigenvalue weighted by atomic mass is 16.1. The largest absolute Gasteiger partial charge is 0.348 e. The predicted molar refractivity (Wildman–Crippen MR) is 73.8 cm³/mol. The summed E-state index contributed by atoms with van der Waals surface area (Å²) in [6.45, 7) is 5.52. The maximum atomic E-state index is 12.2. The maximum absolute atomic E-state index is 12.2. The first-order chi connectivity index (χ1) is 9.11. The van der Waals surface area contributed by atoms with Crippen molar-refractivity contribution in [2.75, 3.05) is 0 Å². The highest BCUT2D eigenvalue weighted by Gasteiger charge is 2.09. The summed E-state index contributed by atoms with van der Waals surface area (Å²) in [7, 11) is 0. The number of nitrogens with one attached hydrogen (secondary N) is 1. The zero-order chi connectivity index (χ0) is 13.8. The highest BCUT2D eigenvalue weighted by Crippen LogP contribution is 2.06. The molecule has 0 aliphatic heterocycles. The molecule has 0 saturated heterocycles. The fourth-order valence-electron chi connectivity index (χ4n) is 1.86. The number of carbonyl (C=O) groups is 1. The number of fused-ring (bicyclic) bond motifs is 1. The Balaban J connectivity index is 2.26. The smallest absolute Gasteiger partial charge is 0.274 e. The van der Waals surface area contributed by atoms with Gasteiger partial charge in [-0.15, -0.1) is 0 Å². The van der Waals surface area contributed by atoms with Crippen LogP contribution in [0.4, 0.5) is 0 Å². The molecule has 0 radical (unpaired) electrons. The molecule has 1 unspecified atom stereocenters. The topological polar surface area (TPSA) is 64.0 Å². The number of nitrogens with zero attached hydrogens (tertiary/aromatic N) is 2. The molecule has 1 N–H and O–H groups in total. The van der Waals surface area contributed by atoms with Gasteiger partial charge in [-0.05, 0) is 19.1 Å². The Hall–Kier alpha value is -2.43. The van der Waals surface area contributed by atoms with E-state index in [2.05, 4.69) is 17.0 Å². The molecule has 0 spiro atoms. The number of aromatic nitrogens is 2. The molecule has 0 fully saturated rings. The first-order valence-electron chi connectivity index (χ1n) is 5.99. The van der Waals surface area contributed by atoms with Gasteiger partial charge in [0, 0.05) is 11.4 Å². The molecule has 0 saturated carbocycles. The van der Waals surface area contributed by atoms with Crippen LogP contribution in [0.5, 0.6) is 0 Å². The molecule has 1 atom stereocenters. The van der Waals surface area contributed by atoms with Crippen molar-refractivity contribution in [1.29, 1.82) is 0 Å². The lowest BCUT2D eigenvalue weighted by Gasteiger charge is -2.13. The van der Waals surface area contributed by atoms with Gasteiger partial charge >= 0.3 is 0 Å². The maximum Gasteiger partial charge on any atom is 0.274 e. The van der Waals surface area contributed by atoms with Crippen molar-refractivity contribution in [3.05, 3.63) is 53.5 Å². The number of hydrogen-bond donors (Lipinski definition) is 1. The zero-order valence-corrected chi connectivity index (χ0v) is 10.7. The van der Waals surface area contributed by atoms with Crippen LogP contribution in [0.15, 0.2) is 47.9 Å². The van der Waals surface area contributed by atoms with Crippen molar-refractivity contribution in [2.24, 2.45) is 0 Å². The molecular weight excluding hydrogens is 242 g/mol. The van der Waals surface area contributed by atoms with Crippen LogP contribution in [0, 0.1) is 0 Å². The average molecular weight is 257 g/mol. The van der Waals surface area contributed by atoms with Gasteiger partial charge in [0.15, 0.2) is 0 Å². The van der Waals surface area contributed by atoms with E-state index in [1.54, 1.807) is 12.3 Å². The third-order valence-electron chi connectivity index (χ3n) is 2.78. The van der Waals surface area contributed by atoms with E-state index in [1.807, 2.05) is 25.1 Å². The highest BCUT2D eigenvalue weighted by molar-refractivity contribution is 5.87. The van der Waals surface area contributed by atoms with Crippen molar-refractivity contribution in [1.82, 2.24) is 15.1 Å². The van der Waals surface area contributed by atoms with Crippen molar-refractivity contribution in [2.45, 2.75) is 19.5 Å². The van der Waals surface area contributed by atoms with E-state index in [4.69, 9.17) is 0 Å². The van der Waals surface area contributed by atoms with E-state index < -0.39 is 0 Å². The van der Waals surface area contributed by atoms with Crippen LogP contribution >= 0.6 is 0 Å². The molecule has 1 aromatic heterocycles. The average Bonchev–Trinajstić information content (AvgIpc) is 2.42. The number of rotatable bonds is 4. The Labute approximate surface area is 110 Å². The molecule has 0 aliphatic rings. The van der Waals surface area contributed by atoms with Crippen molar-refractivity contribution in [3.63, 3.8) is 0 Å². The van der Waals surface area contributed by atoms with Crippen LogP contribution in [0.2, 0.25) is 0 Å². The Bertz CT molecular complexity index is 676. The molecule has 19 heavy (non-hydrogen) atoms. The van der Waals surface area contributed by atoms with Gasteiger partial charge in [-0.1, -0.05) is 24.8 Å². The molecule has 2 rings (SSSR count). The number of hydrogen-bond acceptors (Lipinski definition) is 3. The lowest BCUT2D eigenvalue weighted by molar-refractivity contribution is -0.117. The molecule has 0 bridgehead atoms. The summed E-state index contributed by atoms with van der Waals surface area (Å²) in [4.78, 5) is 23.4. The van der Waals surface area contributed by atoms with Crippen LogP contribution in [0.25, 0.3) is 10.8 Å². The van der Waals surface area contributed by atoms with Gasteiger partial charge in [0.2, 0.25) is 5.91 Å². The van der Waals surface area contributed by atoms with Gasteiger partial charge < -0.3 is 5.32 Å². The molecule has 2 aromatic rings. The van der Waals surface area contributed by atoms with Gasteiger partial charge in [0.05, 0.1) is 18.1 Å². The minimum absolute atomic E-state index is 0.155. The van der Waals surface area contributed by atoms with E-state index >= 15 is 0 Å². The fourth-order valence-corrected chi connectivity index (χ4v) is 1.86. The molecule has 1 heterocycles. The minimum atomic E-state index is -0.263. The molecule has 0 aliphatic carbocycles. The first kappa shape index (κ1) is 13.0. The Morgan fingerprint density at radius 3 is 3.00 bits per heavy atom. The normalized spacial score (nSPS) is 12.1. The van der Waals surface area contributed by atoms with Crippen LogP contribution in [-0.2, 0) is 11.3 Å². The van der Waals surface area contributed by atoms with Gasteiger partial charge in [-0.2, -0.15) is 5.10 Å². The van der Waals surface area contributed by atoms with Gasteiger partial charge in [0.1, 0.15) is 0 Å². The number of carbonyl (C=O) groups excluding carboxylic acids is 1. The zero-order valence-electron chi connectivity index (χ0n) is 10.7. The Kier molecular flexibility index (Phi) is 3.75. The summed E-state index contributed by atoms with van der Waals surface area (Å²) in [5.41, 5.74) is -0.155. The van der Waals surface area contributed by atoms with E-state index in [9.17, 15) is 9.59 Å². The SMILES string of the molecule is C=CC(=O)NC(C)Cn1ncc2ccccc2c1=O. The Morgan fingerprint density at radius 1 is 1.53 bits per heavy atom.